The number of anilines is 1. The van der Waals surface area contributed by atoms with Crippen LogP contribution in [0.2, 0.25) is 5.02 Å². The average Bonchev–Trinajstić information content (AvgIpc) is 2.28. The molecule has 0 saturated heterocycles. The number of hydrogen-bond acceptors (Lipinski definition) is 3. The SMILES string of the molecule is CC(CN(CC#N)c1cccc(Cl)c1)C(=O)O. The van der Waals surface area contributed by atoms with Crippen LogP contribution in [0.15, 0.2) is 24.3 Å². The zero-order chi connectivity index (χ0) is 12.8. The van der Waals surface area contributed by atoms with Crippen LogP contribution >= 0.6 is 11.6 Å². The minimum absolute atomic E-state index is 0.137. The normalized spacial score (nSPS) is 11.6. The fourth-order valence-electron chi connectivity index (χ4n) is 1.43. The smallest absolute Gasteiger partial charge is 0.308 e. The number of aliphatic carboxylic acids is 1. The molecule has 0 bridgehead atoms. The molecule has 0 aliphatic heterocycles. The molecule has 0 spiro atoms. The van der Waals surface area contributed by atoms with E-state index in [2.05, 4.69) is 0 Å². The number of nitrogens with zero attached hydrogens (tertiary/aromatic N) is 2. The molecule has 5 heteroatoms. The number of hydrogen-bond donors (Lipinski definition) is 1. The standard InChI is InChI=1S/C12H13ClN2O2/c1-9(12(16)17)8-15(6-5-14)11-4-2-3-10(13)7-11/h2-4,7,9H,6,8H2,1H3,(H,16,17). The molecule has 0 aromatic heterocycles. The summed E-state index contributed by atoms with van der Waals surface area (Å²) >= 11 is 5.86. The Kier molecular flexibility index (Phi) is 4.80. The van der Waals surface area contributed by atoms with Gasteiger partial charge in [-0.05, 0) is 18.2 Å². The summed E-state index contributed by atoms with van der Waals surface area (Å²) < 4.78 is 0. The molecule has 0 aliphatic rings. The van der Waals surface area contributed by atoms with Gasteiger partial charge in [-0.2, -0.15) is 5.26 Å². The number of nitriles is 1. The van der Waals surface area contributed by atoms with Crippen LogP contribution in [0.25, 0.3) is 0 Å². The van der Waals surface area contributed by atoms with E-state index in [9.17, 15) is 4.79 Å². The van der Waals surface area contributed by atoms with Gasteiger partial charge in [0.25, 0.3) is 0 Å². The zero-order valence-electron chi connectivity index (χ0n) is 9.43. The van der Waals surface area contributed by atoms with Crippen LogP contribution in [-0.2, 0) is 4.79 Å². The molecule has 1 aromatic carbocycles. The maximum Gasteiger partial charge on any atom is 0.308 e. The van der Waals surface area contributed by atoms with Gasteiger partial charge in [-0.1, -0.05) is 24.6 Å². The van der Waals surface area contributed by atoms with Gasteiger partial charge in [-0.3, -0.25) is 4.79 Å². The summed E-state index contributed by atoms with van der Waals surface area (Å²) in [4.78, 5) is 12.5. The van der Waals surface area contributed by atoms with Gasteiger partial charge in [-0.15, -0.1) is 0 Å². The summed E-state index contributed by atoms with van der Waals surface area (Å²) in [5, 5.41) is 18.2. The van der Waals surface area contributed by atoms with Crippen molar-refractivity contribution in [3.63, 3.8) is 0 Å². The molecule has 1 unspecified atom stereocenters. The average molecular weight is 253 g/mol. The molecular weight excluding hydrogens is 240 g/mol. The molecule has 4 nitrogen and oxygen atoms in total. The third-order valence-electron chi connectivity index (χ3n) is 2.35. The largest absolute Gasteiger partial charge is 0.481 e. The first kappa shape index (κ1) is 13.3. The number of rotatable bonds is 5. The monoisotopic (exact) mass is 252 g/mol. The van der Waals surface area contributed by atoms with E-state index in [1.54, 1.807) is 36.1 Å². The maximum absolute atomic E-state index is 10.8. The lowest BCUT2D eigenvalue weighted by Gasteiger charge is -2.23. The van der Waals surface area contributed by atoms with Crippen LogP contribution in [-0.4, -0.2) is 24.2 Å². The fourth-order valence-corrected chi connectivity index (χ4v) is 1.61. The van der Waals surface area contributed by atoms with Crippen molar-refractivity contribution >= 4 is 23.3 Å². The number of halogens is 1. The molecule has 1 aromatic rings. The Balaban J connectivity index is 2.86. The minimum atomic E-state index is -0.880. The van der Waals surface area contributed by atoms with Crippen LogP contribution < -0.4 is 4.90 Å². The highest BCUT2D eigenvalue weighted by Gasteiger charge is 2.16. The second-order valence-corrected chi connectivity index (χ2v) is 4.19. The zero-order valence-corrected chi connectivity index (χ0v) is 10.2. The Labute approximate surface area is 105 Å². The Hall–Kier alpha value is -1.73. The van der Waals surface area contributed by atoms with E-state index in [0.717, 1.165) is 5.69 Å². The van der Waals surface area contributed by atoms with Crippen molar-refractivity contribution in [2.45, 2.75) is 6.92 Å². The predicted molar refractivity (Wildman–Crippen MR) is 66.1 cm³/mol. The molecule has 1 rings (SSSR count). The highest BCUT2D eigenvalue weighted by atomic mass is 35.5. The number of carboxylic acid groups (broad SMARTS) is 1. The van der Waals surface area contributed by atoms with E-state index in [4.69, 9.17) is 22.0 Å². The molecule has 0 saturated carbocycles. The Morgan fingerprint density at radius 3 is 2.88 bits per heavy atom. The lowest BCUT2D eigenvalue weighted by molar-refractivity contribution is -0.140. The lowest BCUT2D eigenvalue weighted by Crippen LogP contribution is -2.32. The molecule has 1 atom stereocenters. The molecule has 90 valence electrons. The summed E-state index contributed by atoms with van der Waals surface area (Å²) in [5.41, 5.74) is 0.757. The highest BCUT2D eigenvalue weighted by molar-refractivity contribution is 6.30. The van der Waals surface area contributed by atoms with Crippen molar-refractivity contribution in [2.24, 2.45) is 5.92 Å². The minimum Gasteiger partial charge on any atom is -0.481 e. The molecule has 1 N–H and O–H groups in total. The van der Waals surface area contributed by atoms with Crippen LogP contribution in [0.3, 0.4) is 0 Å². The van der Waals surface area contributed by atoms with Crippen molar-refractivity contribution in [3.8, 4) is 6.07 Å². The summed E-state index contributed by atoms with van der Waals surface area (Å²) in [6, 6.07) is 9.04. The number of benzene rings is 1. The number of carboxylic acids is 1. The van der Waals surface area contributed by atoms with E-state index in [0.29, 0.717) is 5.02 Å². The van der Waals surface area contributed by atoms with Crippen molar-refractivity contribution in [1.82, 2.24) is 0 Å². The van der Waals surface area contributed by atoms with Gasteiger partial charge in [0.05, 0.1) is 12.0 Å². The van der Waals surface area contributed by atoms with Gasteiger partial charge in [0, 0.05) is 17.3 Å². The second kappa shape index (κ2) is 6.12. The molecule has 17 heavy (non-hydrogen) atoms. The van der Waals surface area contributed by atoms with Crippen LogP contribution in [0.1, 0.15) is 6.92 Å². The van der Waals surface area contributed by atoms with E-state index < -0.39 is 11.9 Å². The Bertz CT molecular complexity index is 442. The van der Waals surface area contributed by atoms with Gasteiger partial charge >= 0.3 is 5.97 Å². The van der Waals surface area contributed by atoms with Gasteiger partial charge in [0.1, 0.15) is 6.54 Å². The Morgan fingerprint density at radius 1 is 1.65 bits per heavy atom. The fraction of sp³-hybridized carbons (Fsp3) is 0.333. The van der Waals surface area contributed by atoms with Crippen molar-refractivity contribution in [2.75, 3.05) is 18.0 Å². The highest BCUT2D eigenvalue weighted by Crippen LogP contribution is 2.20. The van der Waals surface area contributed by atoms with Crippen molar-refractivity contribution in [1.29, 1.82) is 5.26 Å². The molecule has 0 aliphatic carbocycles. The van der Waals surface area contributed by atoms with E-state index >= 15 is 0 Å². The first-order valence-electron chi connectivity index (χ1n) is 5.15. The van der Waals surface area contributed by atoms with Crippen LogP contribution in [0.5, 0.6) is 0 Å². The summed E-state index contributed by atoms with van der Waals surface area (Å²) in [5.74, 6) is -1.42. The number of carbonyl (C=O) groups is 1. The molecule has 0 radical (unpaired) electrons. The van der Waals surface area contributed by atoms with Crippen molar-refractivity contribution < 1.29 is 9.90 Å². The van der Waals surface area contributed by atoms with Gasteiger partial charge in [0.15, 0.2) is 0 Å². The van der Waals surface area contributed by atoms with Crippen LogP contribution in [0, 0.1) is 17.2 Å². The molecule has 0 fully saturated rings. The van der Waals surface area contributed by atoms with Gasteiger partial charge < -0.3 is 10.0 Å². The van der Waals surface area contributed by atoms with E-state index in [1.165, 1.54) is 0 Å². The van der Waals surface area contributed by atoms with E-state index in [-0.39, 0.29) is 13.1 Å². The van der Waals surface area contributed by atoms with Gasteiger partial charge in [-0.25, -0.2) is 0 Å². The molecular formula is C12H13ClN2O2. The first-order valence-corrected chi connectivity index (χ1v) is 5.52. The quantitative estimate of drug-likeness (QED) is 0.818. The molecule has 0 amide bonds. The summed E-state index contributed by atoms with van der Waals surface area (Å²) in [6.45, 7) is 2.03. The Morgan fingerprint density at radius 2 is 2.35 bits per heavy atom. The lowest BCUT2D eigenvalue weighted by atomic mass is 10.1. The summed E-state index contributed by atoms with van der Waals surface area (Å²) in [6.07, 6.45) is 0. The first-order chi connectivity index (χ1) is 8.04. The topological polar surface area (TPSA) is 64.3 Å². The third-order valence-corrected chi connectivity index (χ3v) is 2.59. The summed E-state index contributed by atoms with van der Waals surface area (Å²) in [7, 11) is 0. The predicted octanol–water partition coefficient (Wildman–Crippen LogP) is 2.39. The molecule has 0 heterocycles. The second-order valence-electron chi connectivity index (χ2n) is 3.76. The van der Waals surface area contributed by atoms with Gasteiger partial charge in [0.2, 0.25) is 0 Å². The maximum atomic E-state index is 10.8. The third kappa shape index (κ3) is 3.97. The van der Waals surface area contributed by atoms with E-state index in [1.807, 2.05) is 6.07 Å². The van der Waals surface area contributed by atoms with Crippen LogP contribution in [0.4, 0.5) is 5.69 Å². The van der Waals surface area contributed by atoms with Crippen molar-refractivity contribution in [3.05, 3.63) is 29.3 Å².